The molecule has 17 heteroatoms. The highest BCUT2D eigenvalue weighted by Gasteiger charge is 2.45. The first-order chi connectivity index (χ1) is 27.5. The summed E-state index contributed by atoms with van der Waals surface area (Å²) in [7, 11) is 0. The highest BCUT2D eigenvalue weighted by molar-refractivity contribution is 6.23. The Morgan fingerprint density at radius 2 is 1.67 bits per heavy atom. The van der Waals surface area contributed by atoms with Crippen LogP contribution in [0.4, 0.5) is 11.4 Å². The molecule has 0 aromatic heterocycles. The molecule has 0 aliphatic carbocycles. The lowest BCUT2D eigenvalue weighted by Crippen LogP contribution is -2.54. The van der Waals surface area contributed by atoms with Crippen LogP contribution in [0.15, 0.2) is 59.0 Å². The van der Waals surface area contributed by atoms with Gasteiger partial charge in [0.15, 0.2) is 11.5 Å². The Balaban J connectivity index is 0.902. The van der Waals surface area contributed by atoms with Crippen molar-refractivity contribution in [2.24, 2.45) is 22.4 Å². The number of likely N-dealkylation sites (tertiary alicyclic amines) is 1. The maximum atomic E-state index is 13.4. The van der Waals surface area contributed by atoms with Gasteiger partial charge in [0.2, 0.25) is 17.7 Å². The van der Waals surface area contributed by atoms with E-state index in [9.17, 15) is 28.8 Å². The number of fused-ring (bicyclic) bond motifs is 1. The van der Waals surface area contributed by atoms with Crippen LogP contribution in [0.25, 0.3) is 0 Å². The van der Waals surface area contributed by atoms with Gasteiger partial charge in [-0.05, 0) is 99.3 Å². The first kappa shape index (κ1) is 39.4. The number of hydrazine groups is 1. The van der Waals surface area contributed by atoms with Crippen LogP contribution in [0.2, 0.25) is 0 Å². The maximum Gasteiger partial charge on any atom is 0.270 e. The van der Waals surface area contributed by atoms with Crippen LogP contribution >= 0.6 is 0 Å². The van der Waals surface area contributed by atoms with E-state index in [1.807, 2.05) is 23.2 Å². The molecule has 5 aliphatic rings. The van der Waals surface area contributed by atoms with Crippen LogP contribution in [0.3, 0.4) is 0 Å². The zero-order valence-corrected chi connectivity index (χ0v) is 32.2. The van der Waals surface area contributed by atoms with Crippen LogP contribution in [0.1, 0.15) is 84.1 Å². The van der Waals surface area contributed by atoms with E-state index in [0.717, 1.165) is 87.4 Å². The van der Waals surface area contributed by atoms with Gasteiger partial charge in [-0.15, -0.1) is 0 Å². The number of piperidine rings is 3. The second kappa shape index (κ2) is 17.1. The van der Waals surface area contributed by atoms with Crippen molar-refractivity contribution in [2.45, 2.75) is 69.9 Å². The molecule has 0 saturated carbocycles. The smallest absolute Gasteiger partial charge is 0.270 e. The van der Waals surface area contributed by atoms with Gasteiger partial charge >= 0.3 is 0 Å². The number of carbonyl (C=O) groups excluding carboxylic acids is 6. The van der Waals surface area contributed by atoms with E-state index < -0.39 is 35.6 Å². The standard InChI is InChI=1S/C40H51N11O6/c1-24(52)44-29-3-2-15-50(22-29)47-35(36(42)54)37(43-23-41)45-28-6-4-26(5-7-28)27-13-16-48(17-14-27)20-25-12-18-49(21-25)30-8-9-31-32(19-30)40(57)51(39(31)56)33-10-11-34(53)46-38(33)55/h4-9,19,23,25,27,29,33,45,47H,2-3,10-18,20-22H2,1H3,(H2,41,43)(H2,42,54)(H,44,52)(H,46,53,55)/b37-35+. The van der Waals surface area contributed by atoms with E-state index in [4.69, 9.17) is 11.5 Å². The van der Waals surface area contributed by atoms with Gasteiger partial charge in [-0.25, -0.2) is 10.0 Å². The number of hydrogen-bond acceptors (Lipinski definition) is 12. The zero-order valence-electron chi connectivity index (χ0n) is 32.2. The lowest BCUT2D eigenvalue weighted by Gasteiger charge is -2.34. The van der Waals surface area contributed by atoms with E-state index in [0.29, 0.717) is 30.5 Å². The molecular weight excluding hydrogens is 731 g/mol. The molecule has 2 aromatic rings. The van der Waals surface area contributed by atoms with Gasteiger partial charge < -0.3 is 37.3 Å². The van der Waals surface area contributed by atoms with E-state index >= 15 is 0 Å². The number of rotatable bonds is 12. The lowest BCUT2D eigenvalue weighted by molar-refractivity contribution is -0.136. The third-order valence-corrected chi connectivity index (χ3v) is 11.6. The zero-order chi connectivity index (χ0) is 40.2. The third-order valence-electron chi connectivity index (χ3n) is 11.6. The largest absolute Gasteiger partial charge is 0.390 e. The predicted molar refractivity (Wildman–Crippen MR) is 212 cm³/mol. The minimum absolute atomic E-state index is 0.0473. The fourth-order valence-corrected chi connectivity index (χ4v) is 8.76. The second-order valence-electron chi connectivity index (χ2n) is 15.6. The average Bonchev–Trinajstić information content (AvgIpc) is 3.75. The van der Waals surface area contributed by atoms with Crippen LogP contribution in [0, 0.1) is 5.92 Å². The van der Waals surface area contributed by atoms with E-state index in [1.165, 1.54) is 12.5 Å². The number of carbonyl (C=O) groups is 6. The fourth-order valence-electron chi connectivity index (χ4n) is 8.76. The van der Waals surface area contributed by atoms with Crippen LogP contribution in [0.5, 0.6) is 0 Å². The van der Waals surface area contributed by atoms with Crippen molar-refractivity contribution in [3.8, 4) is 0 Å². The van der Waals surface area contributed by atoms with Gasteiger partial charge in [0, 0.05) is 63.5 Å². The average molecular weight is 782 g/mol. The molecule has 2 aromatic carbocycles. The van der Waals surface area contributed by atoms with E-state index in [2.05, 4.69) is 48.3 Å². The number of aliphatic imine (C=N–C) groups is 1. The summed E-state index contributed by atoms with van der Waals surface area (Å²) in [6.45, 7) is 7.29. The molecule has 4 saturated heterocycles. The number of imide groups is 2. The van der Waals surface area contributed by atoms with Crippen molar-refractivity contribution in [1.29, 1.82) is 0 Å². The molecule has 7 rings (SSSR count). The fraction of sp³-hybridized carbons (Fsp3) is 0.475. The summed E-state index contributed by atoms with van der Waals surface area (Å²) in [5, 5.41) is 10.2. The molecular formula is C40H51N11O6. The van der Waals surface area contributed by atoms with Gasteiger partial charge in [0.25, 0.3) is 17.7 Å². The molecule has 8 N–H and O–H groups in total. The van der Waals surface area contributed by atoms with Gasteiger partial charge in [0.1, 0.15) is 6.04 Å². The Morgan fingerprint density at radius 1 is 0.912 bits per heavy atom. The summed E-state index contributed by atoms with van der Waals surface area (Å²) in [4.78, 5) is 84.7. The molecule has 5 aliphatic heterocycles. The summed E-state index contributed by atoms with van der Waals surface area (Å²) in [5.74, 6) is -1.73. The molecule has 5 heterocycles. The SMILES string of the molecule is CC(=O)NC1CCCN(N/C(C(N)=O)=C(\N=C/N)Nc2ccc(C3CCN(CC4CCN(c5ccc6c(c5)C(=O)N(C5CCC(=O)NC5=O)C6=O)C4)CC3)cc2)C1. The highest BCUT2D eigenvalue weighted by atomic mass is 16.2. The van der Waals surface area contributed by atoms with Gasteiger partial charge in [-0.1, -0.05) is 12.1 Å². The molecule has 0 bridgehead atoms. The van der Waals surface area contributed by atoms with Crippen molar-refractivity contribution in [1.82, 2.24) is 30.9 Å². The summed E-state index contributed by atoms with van der Waals surface area (Å²) >= 11 is 0. The maximum absolute atomic E-state index is 13.4. The number of benzene rings is 2. The van der Waals surface area contributed by atoms with E-state index in [1.54, 1.807) is 12.1 Å². The molecule has 6 amide bonds. The molecule has 302 valence electrons. The number of amides is 6. The molecule has 4 fully saturated rings. The Labute approximate surface area is 331 Å². The van der Waals surface area contributed by atoms with Gasteiger partial charge in [-0.2, -0.15) is 0 Å². The Hall–Kier alpha value is -5.81. The summed E-state index contributed by atoms with van der Waals surface area (Å²) in [6.07, 6.45) is 6.07. The normalized spacial score (nSPS) is 24.1. The molecule has 0 spiro atoms. The van der Waals surface area contributed by atoms with Crippen molar-refractivity contribution in [3.63, 3.8) is 0 Å². The quantitative estimate of drug-likeness (QED) is 0.0766. The van der Waals surface area contributed by atoms with Crippen LogP contribution in [-0.2, 0) is 19.2 Å². The molecule has 3 unspecified atom stereocenters. The molecule has 57 heavy (non-hydrogen) atoms. The molecule has 17 nitrogen and oxygen atoms in total. The van der Waals surface area contributed by atoms with Gasteiger partial charge in [-0.3, -0.25) is 39.0 Å². The van der Waals surface area contributed by atoms with Gasteiger partial charge in [0.05, 0.1) is 17.5 Å². The summed E-state index contributed by atoms with van der Waals surface area (Å²) in [6, 6.07) is 12.4. The molecule has 0 radical (unpaired) electrons. The first-order valence-corrected chi connectivity index (χ1v) is 19.7. The van der Waals surface area contributed by atoms with Crippen molar-refractivity contribution in [2.75, 3.05) is 56.0 Å². The summed E-state index contributed by atoms with van der Waals surface area (Å²) in [5.41, 5.74) is 18.0. The topological polar surface area (TPSA) is 228 Å². The minimum atomic E-state index is -0.980. The Morgan fingerprint density at radius 3 is 2.37 bits per heavy atom. The second-order valence-corrected chi connectivity index (χ2v) is 15.6. The van der Waals surface area contributed by atoms with Crippen molar-refractivity contribution in [3.05, 3.63) is 70.7 Å². The van der Waals surface area contributed by atoms with E-state index in [-0.39, 0.29) is 41.9 Å². The predicted octanol–water partition coefficient (Wildman–Crippen LogP) is 0.952. The van der Waals surface area contributed by atoms with Crippen LogP contribution in [-0.4, -0.2) is 114 Å². The first-order valence-electron chi connectivity index (χ1n) is 19.7. The Kier molecular flexibility index (Phi) is 11.9. The van der Waals surface area contributed by atoms with Crippen LogP contribution < -0.4 is 37.7 Å². The number of anilines is 2. The lowest BCUT2D eigenvalue weighted by atomic mass is 9.89. The Bertz CT molecular complexity index is 1980. The number of primary amides is 1. The highest BCUT2D eigenvalue weighted by Crippen LogP contribution is 2.34. The third kappa shape index (κ3) is 8.94. The number of hydrogen-bond donors (Lipinski definition) is 6. The number of nitrogens with one attached hydrogen (secondary N) is 4. The monoisotopic (exact) mass is 781 g/mol. The molecule has 3 atom stereocenters. The number of nitrogens with zero attached hydrogens (tertiary/aromatic N) is 5. The van der Waals surface area contributed by atoms with Crippen molar-refractivity contribution < 1.29 is 28.8 Å². The minimum Gasteiger partial charge on any atom is -0.390 e. The summed E-state index contributed by atoms with van der Waals surface area (Å²) < 4.78 is 0. The number of nitrogens with two attached hydrogens (primary N) is 2. The van der Waals surface area contributed by atoms with Crippen molar-refractivity contribution >= 4 is 53.2 Å².